The van der Waals surface area contributed by atoms with Crippen molar-refractivity contribution in [3.8, 4) is 0 Å². The summed E-state index contributed by atoms with van der Waals surface area (Å²) in [6, 6.07) is 1.91. The van der Waals surface area contributed by atoms with Gasteiger partial charge in [0.25, 0.3) is 0 Å². The van der Waals surface area contributed by atoms with Crippen LogP contribution in [-0.4, -0.2) is 45.4 Å². The fourth-order valence-corrected chi connectivity index (χ4v) is 3.56. The van der Waals surface area contributed by atoms with Gasteiger partial charge < -0.3 is 10.5 Å². The third-order valence-electron chi connectivity index (χ3n) is 2.75. The average Bonchev–Trinajstić information content (AvgIpc) is 2.41. The summed E-state index contributed by atoms with van der Waals surface area (Å²) >= 11 is 5.72. The molecule has 0 spiro atoms. The zero-order chi connectivity index (χ0) is 17.8. The Hall–Kier alpha value is -1.36. The predicted octanol–water partition coefficient (Wildman–Crippen LogP) is 1.48. The summed E-state index contributed by atoms with van der Waals surface area (Å²) < 4.78 is 68.6. The minimum atomic E-state index is -4.74. The molecule has 11 heteroatoms. The van der Waals surface area contributed by atoms with E-state index >= 15 is 0 Å². The second-order valence-corrected chi connectivity index (χ2v) is 6.75. The van der Waals surface area contributed by atoms with E-state index in [1.54, 1.807) is 0 Å². The molecule has 0 aliphatic carbocycles. The Balaban J connectivity index is 3.35. The number of nitrogens with two attached hydrogens (primary N) is 1. The maximum Gasteiger partial charge on any atom is 0.416 e. The molecule has 0 fully saturated rings. The Labute approximate surface area is 136 Å². The first-order valence-electron chi connectivity index (χ1n) is 6.14. The molecule has 23 heavy (non-hydrogen) atoms. The van der Waals surface area contributed by atoms with Crippen molar-refractivity contribution in [2.24, 2.45) is 5.73 Å². The standard InChI is InChI=1S/C12H14ClF3N2O4S/c1-22-5-4-18(7-11(17)19)23(20,21)10-6-8(12(14,15)16)2-3-9(10)13/h2-3,6H,4-5,7H2,1H3,(H2,17,19). The molecule has 0 saturated heterocycles. The Morgan fingerprint density at radius 2 is 2.00 bits per heavy atom. The summed E-state index contributed by atoms with van der Waals surface area (Å²) in [5, 5.41) is -0.398. The summed E-state index contributed by atoms with van der Waals surface area (Å²) in [6.45, 7) is -1.06. The number of alkyl halides is 3. The number of hydrogen-bond acceptors (Lipinski definition) is 4. The minimum Gasteiger partial charge on any atom is -0.383 e. The smallest absolute Gasteiger partial charge is 0.383 e. The maximum atomic E-state index is 12.8. The lowest BCUT2D eigenvalue weighted by molar-refractivity contribution is -0.137. The van der Waals surface area contributed by atoms with E-state index in [0.29, 0.717) is 16.4 Å². The second kappa shape index (κ2) is 7.47. The van der Waals surface area contributed by atoms with Crippen molar-refractivity contribution in [3.05, 3.63) is 28.8 Å². The highest BCUT2D eigenvalue weighted by atomic mass is 35.5. The number of methoxy groups -OCH3 is 1. The molecular weight excluding hydrogens is 361 g/mol. The molecule has 0 heterocycles. The van der Waals surface area contributed by atoms with Gasteiger partial charge in [0.2, 0.25) is 15.9 Å². The lowest BCUT2D eigenvalue weighted by Gasteiger charge is -2.21. The molecule has 0 unspecified atom stereocenters. The fourth-order valence-electron chi connectivity index (χ4n) is 1.67. The molecule has 2 N–H and O–H groups in total. The van der Waals surface area contributed by atoms with E-state index in [0.717, 1.165) is 6.07 Å². The van der Waals surface area contributed by atoms with Crippen LogP contribution < -0.4 is 5.73 Å². The molecule has 130 valence electrons. The number of primary amides is 1. The third kappa shape index (κ3) is 5.06. The average molecular weight is 375 g/mol. The SMILES string of the molecule is COCCN(CC(N)=O)S(=O)(=O)c1cc(C(F)(F)F)ccc1Cl. The Morgan fingerprint density at radius 1 is 1.39 bits per heavy atom. The highest BCUT2D eigenvalue weighted by Gasteiger charge is 2.34. The monoisotopic (exact) mass is 374 g/mol. The Kier molecular flexibility index (Phi) is 6.40. The lowest BCUT2D eigenvalue weighted by atomic mass is 10.2. The molecule has 0 bridgehead atoms. The molecule has 1 aromatic rings. The molecular formula is C12H14ClF3N2O4S. The van der Waals surface area contributed by atoms with Gasteiger partial charge in [-0.1, -0.05) is 11.6 Å². The van der Waals surface area contributed by atoms with Gasteiger partial charge in [-0.25, -0.2) is 8.42 Å². The van der Waals surface area contributed by atoms with E-state index in [1.807, 2.05) is 0 Å². The topological polar surface area (TPSA) is 89.7 Å². The number of carbonyl (C=O) groups is 1. The van der Waals surface area contributed by atoms with Crippen LogP contribution in [0.1, 0.15) is 5.56 Å². The van der Waals surface area contributed by atoms with Crippen molar-refractivity contribution < 1.29 is 31.1 Å². The first-order valence-corrected chi connectivity index (χ1v) is 7.96. The van der Waals surface area contributed by atoms with E-state index in [-0.39, 0.29) is 13.2 Å². The molecule has 0 atom stereocenters. The number of sulfonamides is 1. The van der Waals surface area contributed by atoms with Crippen LogP contribution in [0.25, 0.3) is 0 Å². The number of hydrogen-bond donors (Lipinski definition) is 1. The molecule has 0 radical (unpaired) electrons. The first-order chi connectivity index (χ1) is 10.5. The molecule has 6 nitrogen and oxygen atoms in total. The van der Waals surface area contributed by atoms with Crippen molar-refractivity contribution in [2.45, 2.75) is 11.1 Å². The van der Waals surface area contributed by atoms with E-state index < -0.39 is 44.1 Å². The van der Waals surface area contributed by atoms with Gasteiger partial charge in [0.05, 0.1) is 23.7 Å². The van der Waals surface area contributed by atoms with Crippen LogP contribution in [0, 0.1) is 0 Å². The van der Waals surface area contributed by atoms with Gasteiger partial charge in [-0.2, -0.15) is 17.5 Å². The number of rotatable bonds is 7. The van der Waals surface area contributed by atoms with E-state index in [9.17, 15) is 26.4 Å². The summed E-state index contributed by atoms with van der Waals surface area (Å²) in [5.74, 6) is -0.965. The fraction of sp³-hybridized carbons (Fsp3) is 0.417. The zero-order valence-corrected chi connectivity index (χ0v) is 13.5. The normalized spacial score (nSPS) is 12.6. The van der Waals surface area contributed by atoms with Crippen LogP contribution in [0.4, 0.5) is 13.2 Å². The van der Waals surface area contributed by atoms with Gasteiger partial charge in [0.1, 0.15) is 4.90 Å². The number of nitrogens with zero attached hydrogens (tertiary/aromatic N) is 1. The van der Waals surface area contributed by atoms with Crippen molar-refractivity contribution in [1.29, 1.82) is 0 Å². The number of carbonyl (C=O) groups excluding carboxylic acids is 1. The van der Waals surface area contributed by atoms with Gasteiger partial charge in [-0.15, -0.1) is 0 Å². The van der Waals surface area contributed by atoms with Crippen molar-refractivity contribution >= 4 is 27.5 Å². The summed E-state index contributed by atoms with van der Waals surface area (Å²) in [7, 11) is -3.16. The van der Waals surface area contributed by atoms with Crippen LogP contribution in [0.2, 0.25) is 5.02 Å². The van der Waals surface area contributed by atoms with E-state index in [2.05, 4.69) is 0 Å². The summed E-state index contributed by atoms with van der Waals surface area (Å²) in [5.41, 5.74) is 3.80. The van der Waals surface area contributed by atoms with Gasteiger partial charge in [-0.05, 0) is 18.2 Å². The van der Waals surface area contributed by atoms with E-state index in [4.69, 9.17) is 22.1 Å². The van der Waals surface area contributed by atoms with Gasteiger partial charge in [0, 0.05) is 13.7 Å². The Morgan fingerprint density at radius 3 is 2.48 bits per heavy atom. The summed E-state index contributed by atoms with van der Waals surface area (Å²) in [6.07, 6.45) is -4.74. The summed E-state index contributed by atoms with van der Waals surface area (Å²) in [4.78, 5) is 10.3. The maximum absolute atomic E-state index is 12.8. The molecule has 1 amide bonds. The second-order valence-electron chi connectivity index (χ2n) is 4.44. The number of ether oxygens (including phenoxy) is 1. The molecule has 0 aliphatic heterocycles. The lowest BCUT2D eigenvalue weighted by Crippen LogP contribution is -2.40. The van der Waals surface area contributed by atoms with E-state index in [1.165, 1.54) is 7.11 Å². The first kappa shape index (κ1) is 19.7. The number of benzene rings is 1. The largest absolute Gasteiger partial charge is 0.416 e. The highest BCUT2D eigenvalue weighted by Crippen LogP contribution is 2.34. The van der Waals surface area contributed by atoms with Crippen LogP contribution in [0.15, 0.2) is 23.1 Å². The minimum absolute atomic E-state index is 0.0803. The predicted molar refractivity (Wildman–Crippen MR) is 76.3 cm³/mol. The third-order valence-corrected chi connectivity index (χ3v) is 5.08. The van der Waals surface area contributed by atoms with Crippen LogP contribution in [0.3, 0.4) is 0 Å². The van der Waals surface area contributed by atoms with Gasteiger partial charge in [-0.3, -0.25) is 4.79 Å². The molecule has 0 aromatic heterocycles. The molecule has 0 aliphatic rings. The zero-order valence-electron chi connectivity index (χ0n) is 11.9. The van der Waals surface area contributed by atoms with Gasteiger partial charge in [0.15, 0.2) is 0 Å². The number of amides is 1. The van der Waals surface area contributed by atoms with Crippen molar-refractivity contribution in [3.63, 3.8) is 0 Å². The van der Waals surface area contributed by atoms with Crippen molar-refractivity contribution in [2.75, 3.05) is 26.8 Å². The molecule has 1 rings (SSSR count). The Bertz CT molecular complexity index is 679. The van der Waals surface area contributed by atoms with Gasteiger partial charge >= 0.3 is 6.18 Å². The highest BCUT2D eigenvalue weighted by molar-refractivity contribution is 7.89. The van der Waals surface area contributed by atoms with Crippen LogP contribution in [-0.2, 0) is 25.7 Å². The molecule has 1 aromatic carbocycles. The van der Waals surface area contributed by atoms with Crippen LogP contribution in [0.5, 0.6) is 0 Å². The molecule has 0 saturated carbocycles. The quantitative estimate of drug-likeness (QED) is 0.782. The van der Waals surface area contributed by atoms with Crippen molar-refractivity contribution in [1.82, 2.24) is 4.31 Å². The number of halogens is 4. The van der Waals surface area contributed by atoms with Crippen LogP contribution >= 0.6 is 11.6 Å².